The third kappa shape index (κ3) is 4.43. The Balaban J connectivity index is 1.87. The normalized spacial score (nSPS) is 22.1. The van der Waals surface area contributed by atoms with Crippen LogP contribution in [0.25, 0.3) is 5.76 Å². The van der Waals surface area contributed by atoms with Crippen LogP contribution in [0.4, 0.5) is 4.39 Å². The van der Waals surface area contributed by atoms with Crippen LogP contribution in [0, 0.1) is 5.82 Å². The number of amides is 1. The summed E-state index contributed by atoms with van der Waals surface area (Å²) in [7, 11) is 1.38. The van der Waals surface area contributed by atoms with E-state index in [1.807, 2.05) is 6.92 Å². The van der Waals surface area contributed by atoms with E-state index in [0.29, 0.717) is 24.5 Å². The predicted molar refractivity (Wildman–Crippen MR) is 119 cm³/mol. The minimum atomic E-state index is -0.887. The second-order valence-electron chi connectivity index (χ2n) is 7.94. The van der Waals surface area contributed by atoms with Gasteiger partial charge in [0.25, 0.3) is 11.7 Å². The molecule has 0 radical (unpaired) electrons. The van der Waals surface area contributed by atoms with Crippen molar-refractivity contribution in [2.45, 2.75) is 31.9 Å². The van der Waals surface area contributed by atoms with Crippen LogP contribution >= 0.6 is 0 Å². The molecule has 1 N–H and O–H groups in total. The number of aliphatic hydroxyl groups excluding tert-OH is 1. The average molecular weight is 455 g/mol. The van der Waals surface area contributed by atoms with E-state index < -0.39 is 29.3 Å². The lowest BCUT2D eigenvalue weighted by Crippen LogP contribution is -2.36. The Morgan fingerprint density at radius 1 is 1.24 bits per heavy atom. The molecule has 0 aliphatic carbocycles. The number of halogens is 1. The Morgan fingerprint density at radius 2 is 2.06 bits per heavy atom. The number of benzene rings is 2. The molecule has 174 valence electrons. The molecule has 2 atom stereocenters. The Morgan fingerprint density at radius 3 is 2.76 bits per heavy atom. The quantitative estimate of drug-likeness (QED) is 0.388. The number of nitrogens with zero attached hydrogens (tertiary/aromatic N) is 1. The van der Waals surface area contributed by atoms with Crippen LogP contribution in [-0.4, -0.2) is 54.7 Å². The van der Waals surface area contributed by atoms with Crippen molar-refractivity contribution in [3.8, 4) is 11.5 Å². The van der Waals surface area contributed by atoms with Gasteiger partial charge in [0.15, 0.2) is 0 Å². The lowest BCUT2D eigenvalue weighted by atomic mass is 9.94. The van der Waals surface area contributed by atoms with Gasteiger partial charge in [0.05, 0.1) is 37.0 Å². The lowest BCUT2D eigenvalue weighted by molar-refractivity contribution is -0.140. The molecule has 0 saturated carbocycles. The van der Waals surface area contributed by atoms with Gasteiger partial charge in [-0.1, -0.05) is 12.1 Å². The summed E-state index contributed by atoms with van der Waals surface area (Å²) in [5.74, 6) is -1.94. The molecule has 0 bridgehead atoms. The van der Waals surface area contributed by atoms with Gasteiger partial charge in [-0.3, -0.25) is 9.59 Å². The monoisotopic (exact) mass is 455 g/mol. The van der Waals surface area contributed by atoms with Gasteiger partial charge in [0.2, 0.25) is 0 Å². The summed E-state index contributed by atoms with van der Waals surface area (Å²) in [4.78, 5) is 27.7. The number of carbonyl (C=O) groups excluding carboxylic acids is 2. The Labute approximate surface area is 191 Å². The Kier molecular flexibility index (Phi) is 6.65. The van der Waals surface area contributed by atoms with Crippen molar-refractivity contribution in [1.29, 1.82) is 0 Å². The fourth-order valence-corrected chi connectivity index (χ4v) is 4.37. The van der Waals surface area contributed by atoms with Crippen molar-refractivity contribution in [1.82, 2.24) is 4.90 Å². The van der Waals surface area contributed by atoms with Gasteiger partial charge in [-0.25, -0.2) is 4.39 Å². The topological polar surface area (TPSA) is 85.3 Å². The highest BCUT2D eigenvalue weighted by atomic mass is 19.1. The minimum Gasteiger partial charge on any atom is -0.507 e. The molecular weight excluding hydrogens is 429 g/mol. The largest absolute Gasteiger partial charge is 0.507 e. The molecule has 0 spiro atoms. The van der Waals surface area contributed by atoms with Crippen LogP contribution in [-0.2, 0) is 14.3 Å². The van der Waals surface area contributed by atoms with E-state index in [1.54, 1.807) is 24.3 Å². The SMILES string of the molecule is CCOc1cccc(C2/C(=C(\O)c3cc(F)ccc3OC)C(=O)C(=O)N2CC2CCCO2)c1. The summed E-state index contributed by atoms with van der Waals surface area (Å²) >= 11 is 0. The third-order valence-electron chi connectivity index (χ3n) is 5.87. The third-order valence-corrected chi connectivity index (χ3v) is 5.87. The molecule has 33 heavy (non-hydrogen) atoms. The van der Waals surface area contributed by atoms with E-state index in [9.17, 15) is 19.1 Å². The maximum atomic E-state index is 14.0. The van der Waals surface area contributed by atoms with Gasteiger partial charge in [-0.2, -0.15) is 0 Å². The van der Waals surface area contributed by atoms with Crippen LogP contribution in [0.1, 0.15) is 36.9 Å². The van der Waals surface area contributed by atoms with E-state index in [4.69, 9.17) is 14.2 Å². The van der Waals surface area contributed by atoms with Crippen molar-refractivity contribution >= 4 is 17.4 Å². The zero-order valence-corrected chi connectivity index (χ0v) is 18.5. The van der Waals surface area contributed by atoms with Gasteiger partial charge < -0.3 is 24.2 Å². The van der Waals surface area contributed by atoms with Gasteiger partial charge in [0.1, 0.15) is 23.1 Å². The molecule has 2 aliphatic heterocycles. The highest BCUT2D eigenvalue weighted by Gasteiger charge is 2.47. The first-order valence-corrected chi connectivity index (χ1v) is 10.9. The standard InChI is InChI=1S/C25H26FNO6/c1-3-32-17-7-4-6-15(12-17)22-21(23(28)19-13-16(26)9-10-20(19)31-2)24(29)25(30)27(22)14-18-8-5-11-33-18/h4,6-7,9-10,12-13,18,22,28H,3,5,8,11,14H2,1-2H3/b23-21+. The predicted octanol–water partition coefficient (Wildman–Crippen LogP) is 3.83. The van der Waals surface area contributed by atoms with Crippen LogP contribution in [0.5, 0.6) is 11.5 Å². The summed E-state index contributed by atoms with van der Waals surface area (Å²) < 4.78 is 30.6. The number of methoxy groups -OCH3 is 1. The molecule has 2 fully saturated rings. The molecule has 2 aromatic rings. The Hall–Kier alpha value is -3.39. The number of ether oxygens (including phenoxy) is 3. The molecule has 2 saturated heterocycles. The van der Waals surface area contributed by atoms with Gasteiger partial charge in [-0.15, -0.1) is 0 Å². The number of rotatable bonds is 7. The van der Waals surface area contributed by atoms with E-state index in [2.05, 4.69) is 0 Å². The van der Waals surface area contributed by atoms with Crippen LogP contribution in [0.3, 0.4) is 0 Å². The van der Waals surface area contributed by atoms with Crippen molar-refractivity contribution in [3.63, 3.8) is 0 Å². The maximum Gasteiger partial charge on any atom is 0.295 e. The van der Waals surface area contributed by atoms with E-state index in [-0.39, 0.29) is 29.5 Å². The summed E-state index contributed by atoms with van der Waals surface area (Å²) in [5, 5.41) is 11.2. The Bertz CT molecular complexity index is 1090. The van der Waals surface area contributed by atoms with Crippen molar-refractivity contribution in [2.75, 3.05) is 26.9 Å². The summed E-state index contributed by atoms with van der Waals surface area (Å²) in [6.07, 6.45) is 1.44. The fourth-order valence-electron chi connectivity index (χ4n) is 4.37. The molecule has 2 aromatic carbocycles. The number of aliphatic hydroxyl groups is 1. The first kappa shape index (κ1) is 22.8. The number of likely N-dealkylation sites (tertiary alicyclic amines) is 1. The van der Waals surface area contributed by atoms with Crippen molar-refractivity contribution in [3.05, 3.63) is 65.0 Å². The smallest absolute Gasteiger partial charge is 0.295 e. The number of Topliss-reactive ketones (excluding diaryl/α,β-unsaturated/α-hetero) is 1. The zero-order chi connectivity index (χ0) is 23.5. The van der Waals surface area contributed by atoms with Crippen molar-refractivity contribution < 1.29 is 33.3 Å². The second-order valence-corrected chi connectivity index (χ2v) is 7.94. The molecule has 2 heterocycles. The first-order chi connectivity index (χ1) is 15.9. The van der Waals surface area contributed by atoms with E-state index in [1.165, 1.54) is 24.1 Å². The maximum absolute atomic E-state index is 14.0. The highest BCUT2D eigenvalue weighted by Crippen LogP contribution is 2.42. The molecule has 7 nitrogen and oxygen atoms in total. The average Bonchev–Trinajstić information content (AvgIpc) is 3.41. The molecule has 0 aromatic heterocycles. The highest BCUT2D eigenvalue weighted by molar-refractivity contribution is 6.46. The number of hydrogen-bond donors (Lipinski definition) is 1. The van der Waals surface area contributed by atoms with Crippen LogP contribution in [0.15, 0.2) is 48.0 Å². The van der Waals surface area contributed by atoms with Crippen LogP contribution < -0.4 is 9.47 Å². The molecular formula is C25H26FNO6. The van der Waals surface area contributed by atoms with Crippen molar-refractivity contribution in [2.24, 2.45) is 0 Å². The number of ketones is 1. The molecule has 1 amide bonds. The summed E-state index contributed by atoms with van der Waals surface area (Å²) in [6, 6.07) is 9.77. The van der Waals surface area contributed by atoms with E-state index >= 15 is 0 Å². The fraction of sp³-hybridized carbons (Fsp3) is 0.360. The van der Waals surface area contributed by atoms with Gasteiger partial charge in [0, 0.05) is 13.2 Å². The molecule has 8 heteroatoms. The van der Waals surface area contributed by atoms with Crippen LogP contribution in [0.2, 0.25) is 0 Å². The molecule has 4 rings (SSSR count). The number of carbonyl (C=O) groups is 2. The number of hydrogen-bond acceptors (Lipinski definition) is 6. The van der Waals surface area contributed by atoms with E-state index in [0.717, 1.165) is 18.9 Å². The first-order valence-electron chi connectivity index (χ1n) is 10.9. The lowest BCUT2D eigenvalue weighted by Gasteiger charge is -2.27. The summed E-state index contributed by atoms with van der Waals surface area (Å²) in [5.41, 5.74) is 0.462. The zero-order valence-electron chi connectivity index (χ0n) is 18.5. The molecule has 2 aliphatic rings. The summed E-state index contributed by atoms with van der Waals surface area (Å²) in [6.45, 7) is 3.09. The second kappa shape index (κ2) is 9.62. The van der Waals surface area contributed by atoms with Gasteiger partial charge >= 0.3 is 0 Å². The molecule has 2 unspecified atom stereocenters. The minimum absolute atomic E-state index is 0.00132. The van der Waals surface area contributed by atoms with Gasteiger partial charge in [-0.05, 0) is 55.7 Å².